The lowest BCUT2D eigenvalue weighted by Crippen LogP contribution is -2.32. The van der Waals surface area contributed by atoms with Gasteiger partial charge in [-0.2, -0.15) is 0 Å². The van der Waals surface area contributed by atoms with Gasteiger partial charge in [0.25, 0.3) is 5.82 Å². The molecule has 0 aliphatic heterocycles. The summed E-state index contributed by atoms with van der Waals surface area (Å²) in [5.74, 6) is 1.52. The van der Waals surface area contributed by atoms with E-state index < -0.39 is 0 Å². The normalized spacial score (nSPS) is 11.3. The maximum atomic E-state index is 2.51. The first-order chi connectivity index (χ1) is 12.8. The summed E-state index contributed by atoms with van der Waals surface area (Å²) in [7, 11) is 2.21. The third-order valence-electron chi connectivity index (χ3n) is 5.72. The van der Waals surface area contributed by atoms with Gasteiger partial charge in [-0.25, -0.2) is 9.13 Å². The Bertz CT molecular complexity index is 422. The lowest BCUT2D eigenvalue weighted by molar-refractivity contribution is -0.678. The smallest absolute Gasteiger partial charge is 0.237 e. The summed E-state index contributed by atoms with van der Waals surface area (Å²) in [5, 5.41) is 0. The molecule has 0 unspecified atom stereocenters. The van der Waals surface area contributed by atoms with Gasteiger partial charge in [0.2, 0.25) is 0 Å². The molecule has 0 aliphatic carbocycles. The Labute approximate surface area is 164 Å². The minimum Gasteiger partial charge on any atom is -0.237 e. The van der Waals surface area contributed by atoms with Gasteiger partial charge in [0.15, 0.2) is 0 Å². The number of aryl methyl sites for hydroxylation is 2. The zero-order valence-corrected chi connectivity index (χ0v) is 18.3. The zero-order chi connectivity index (χ0) is 18.9. The number of hydrogen-bond donors (Lipinski definition) is 0. The van der Waals surface area contributed by atoms with Crippen molar-refractivity contribution in [2.24, 2.45) is 7.05 Å². The lowest BCUT2D eigenvalue weighted by atomic mass is 10.1. The number of rotatable bonds is 18. The summed E-state index contributed by atoms with van der Waals surface area (Å²) in [6.07, 6.45) is 28.3. The second-order valence-electron chi connectivity index (χ2n) is 8.22. The first-order valence-electron chi connectivity index (χ1n) is 11.8. The molecule has 0 aliphatic rings. The van der Waals surface area contributed by atoms with E-state index in [0.717, 1.165) is 0 Å². The molecule has 2 heteroatoms. The molecular formula is C24H47N2+. The van der Waals surface area contributed by atoms with E-state index in [1.54, 1.807) is 0 Å². The number of hydrogen-bond acceptors (Lipinski definition) is 0. The van der Waals surface area contributed by atoms with Crippen LogP contribution >= 0.6 is 0 Å². The van der Waals surface area contributed by atoms with Crippen molar-refractivity contribution in [3.05, 3.63) is 18.2 Å². The van der Waals surface area contributed by atoms with Crippen LogP contribution in [0.4, 0.5) is 0 Å². The standard InChI is InChI=1S/C24H47N2/c1-4-6-8-10-11-12-13-14-15-17-19-21-26-23-22-25(3)24(26)20-18-16-9-7-5-2/h22-23H,4-21H2,1-3H3/q+1. The highest BCUT2D eigenvalue weighted by Gasteiger charge is 2.13. The summed E-state index contributed by atoms with van der Waals surface area (Å²) < 4.78 is 4.84. The van der Waals surface area contributed by atoms with Gasteiger partial charge < -0.3 is 0 Å². The third kappa shape index (κ3) is 11.0. The molecule has 152 valence electrons. The van der Waals surface area contributed by atoms with E-state index >= 15 is 0 Å². The molecule has 0 saturated heterocycles. The molecule has 0 saturated carbocycles. The van der Waals surface area contributed by atoms with Gasteiger partial charge in [0.05, 0.1) is 13.6 Å². The average molecular weight is 364 g/mol. The maximum absolute atomic E-state index is 2.51. The zero-order valence-electron chi connectivity index (χ0n) is 18.3. The minimum atomic E-state index is 1.21. The summed E-state index contributed by atoms with van der Waals surface area (Å²) in [6, 6.07) is 0. The fourth-order valence-corrected chi connectivity index (χ4v) is 3.91. The predicted octanol–water partition coefficient (Wildman–Crippen LogP) is 7.14. The van der Waals surface area contributed by atoms with E-state index in [-0.39, 0.29) is 0 Å². The Morgan fingerprint density at radius 2 is 1.12 bits per heavy atom. The van der Waals surface area contributed by atoms with Crippen LogP contribution in [0.25, 0.3) is 0 Å². The van der Waals surface area contributed by atoms with Crippen LogP contribution in [0.1, 0.15) is 122 Å². The van der Waals surface area contributed by atoms with Gasteiger partial charge in [0.1, 0.15) is 12.4 Å². The molecule has 2 nitrogen and oxygen atoms in total. The summed E-state index contributed by atoms with van der Waals surface area (Å²) in [6.45, 7) is 5.80. The van der Waals surface area contributed by atoms with Gasteiger partial charge in [0, 0.05) is 6.42 Å². The van der Waals surface area contributed by atoms with E-state index in [0.29, 0.717) is 0 Å². The van der Waals surface area contributed by atoms with Crippen LogP contribution in [0, 0.1) is 0 Å². The van der Waals surface area contributed by atoms with Crippen molar-refractivity contribution in [2.75, 3.05) is 0 Å². The van der Waals surface area contributed by atoms with Crippen LogP contribution < -0.4 is 4.57 Å². The largest absolute Gasteiger partial charge is 0.256 e. The highest BCUT2D eigenvalue weighted by Crippen LogP contribution is 2.12. The van der Waals surface area contributed by atoms with Crippen LogP contribution in [0.2, 0.25) is 0 Å². The van der Waals surface area contributed by atoms with Crippen molar-refractivity contribution >= 4 is 0 Å². The van der Waals surface area contributed by atoms with E-state index in [9.17, 15) is 0 Å². The third-order valence-corrected chi connectivity index (χ3v) is 5.72. The molecule has 0 N–H and O–H groups in total. The molecule has 0 bridgehead atoms. The predicted molar refractivity (Wildman–Crippen MR) is 115 cm³/mol. The highest BCUT2D eigenvalue weighted by molar-refractivity contribution is 4.84. The van der Waals surface area contributed by atoms with Crippen molar-refractivity contribution in [3.63, 3.8) is 0 Å². The quantitative estimate of drug-likeness (QED) is 0.194. The fraction of sp³-hybridized carbons (Fsp3) is 0.875. The van der Waals surface area contributed by atoms with Crippen molar-refractivity contribution in [2.45, 2.75) is 130 Å². The topological polar surface area (TPSA) is 8.81 Å². The highest BCUT2D eigenvalue weighted by atomic mass is 15.1. The fourth-order valence-electron chi connectivity index (χ4n) is 3.91. The van der Waals surface area contributed by atoms with E-state index in [1.807, 2.05) is 0 Å². The molecule has 0 fully saturated rings. The Morgan fingerprint density at radius 3 is 1.65 bits per heavy atom. The van der Waals surface area contributed by atoms with Crippen molar-refractivity contribution in [1.29, 1.82) is 0 Å². The molecule has 0 atom stereocenters. The lowest BCUT2D eigenvalue weighted by Gasteiger charge is -2.04. The maximum Gasteiger partial charge on any atom is 0.256 e. The first-order valence-corrected chi connectivity index (χ1v) is 11.8. The molecule has 1 aromatic heterocycles. The van der Waals surface area contributed by atoms with E-state index in [2.05, 4.69) is 42.4 Å². The van der Waals surface area contributed by atoms with Gasteiger partial charge >= 0.3 is 0 Å². The molecule has 0 spiro atoms. The summed E-state index contributed by atoms with van der Waals surface area (Å²) in [5.41, 5.74) is 0. The number of unbranched alkanes of at least 4 members (excludes halogenated alkanes) is 14. The average Bonchev–Trinajstić information content (AvgIpc) is 2.99. The van der Waals surface area contributed by atoms with Gasteiger partial charge in [-0.15, -0.1) is 0 Å². The van der Waals surface area contributed by atoms with Crippen LogP contribution in [0.3, 0.4) is 0 Å². The second kappa shape index (κ2) is 16.4. The number of imidazole rings is 1. The molecule has 0 amide bonds. The number of aromatic nitrogens is 2. The Hall–Kier alpha value is -0.790. The second-order valence-corrected chi connectivity index (χ2v) is 8.22. The van der Waals surface area contributed by atoms with Gasteiger partial charge in [-0.05, 0) is 19.3 Å². The van der Waals surface area contributed by atoms with E-state index in [4.69, 9.17) is 0 Å². The summed E-state index contributed by atoms with van der Waals surface area (Å²) in [4.78, 5) is 0. The van der Waals surface area contributed by atoms with E-state index in [1.165, 1.54) is 122 Å². The Kier molecular flexibility index (Phi) is 14.7. The van der Waals surface area contributed by atoms with Crippen LogP contribution in [0.15, 0.2) is 12.4 Å². The Morgan fingerprint density at radius 1 is 0.654 bits per heavy atom. The van der Waals surface area contributed by atoms with Crippen LogP contribution in [0.5, 0.6) is 0 Å². The molecule has 0 aromatic carbocycles. The first kappa shape index (κ1) is 23.2. The molecule has 1 aromatic rings. The monoisotopic (exact) mass is 363 g/mol. The Balaban J connectivity index is 2.05. The molecule has 1 heterocycles. The van der Waals surface area contributed by atoms with Crippen molar-refractivity contribution in [1.82, 2.24) is 4.57 Å². The van der Waals surface area contributed by atoms with Crippen molar-refractivity contribution in [3.8, 4) is 0 Å². The molecule has 26 heavy (non-hydrogen) atoms. The minimum absolute atomic E-state index is 1.21. The van der Waals surface area contributed by atoms with Crippen molar-refractivity contribution < 1.29 is 4.57 Å². The summed E-state index contributed by atoms with van der Waals surface area (Å²) >= 11 is 0. The van der Waals surface area contributed by atoms with Crippen LogP contribution in [-0.2, 0) is 20.0 Å². The van der Waals surface area contributed by atoms with Gasteiger partial charge in [-0.1, -0.05) is 97.3 Å². The molecule has 0 radical (unpaired) electrons. The number of nitrogens with zero attached hydrogens (tertiary/aromatic N) is 2. The van der Waals surface area contributed by atoms with Gasteiger partial charge in [-0.3, -0.25) is 0 Å². The van der Waals surface area contributed by atoms with Crippen LogP contribution in [-0.4, -0.2) is 4.57 Å². The molecular weight excluding hydrogens is 316 g/mol. The SMILES string of the molecule is CCCCCCCCCCCCCn1cc[n+](C)c1CCCCCCC. The molecule has 1 rings (SSSR count).